The van der Waals surface area contributed by atoms with Crippen molar-refractivity contribution in [3.8, 4) is 39.9 Å². The Hall–Kier alpha value is -3.72. The Kier molecular flexibility index (Phi) is 5.09. The van der Waals surface area contributed by atoms with Crippen LogP contribution in [-0.2, 0) is 4.74 Å². The van der Waals surface area contributed by atoms with Crippen molar-refractivity contribution in [3.63, 3.8) is 0 Å². The molecule has 158 valence electrons. The number of nitrogens with zero attached hydrogens (tertiary/aromatic N) is 4. The van der Waals surface area contributed by atoms with Gasteiger partial charge in [0.1, 0.15) is 29.1 Å². The van der Waals surface area contributed by atoms with Gasteiger partial charge in [-0.15, -0.1) is 10.2 Å². The second-order valence-corrected chi connectivity index (χ2v) is 6.98. The topological polar surface area (TPSA) is 86.7 Å². The van der Waals surface area contributed by atoms with Gasteiger partial charge in [-0.3, -0.25) is 0 Å². The molecule has 2 aromatic heterocycles. The minimum absolute atomic E-state index is 0.245. The molecule has 0 bridgehead atoms. The number of rotatable bonds is 5. The highest BCUT2D eigenvalue weighted by molar-refractivity contribution is 5.76. The monoisotopic (exact) mass is 422 g/mol. The van der Waals surface area contributed by atoms with Crippen molar-refractivity contribution in [1.29, 1.82) is 0 Å². The molecule has 2 aromatic carbocycles. The van der Waals surface area contributed by atoms with Gasteiger partial charge in [0.2, 0.25) is 0 Å². The molecule has 0 spiro atoms. The molecule has 9 heteroatoms. The van der Waals surface area contributed by atoms with Crippen molar-refractivity contribution in [2.45, 2.75) is 0 Å². The standard InChI is InChI=1S/C22H19FN4O4/c1-28-19-12-16(27-8-10-29-11-9-27)6-7-17(19)21-24-25-22(31-21)18-13-30-26-20(18)14-2-4-15(23)5-3-14/h2-7,12-13H,8-11H2,1H3. The molecule has 0 radical (unpaired) electrons. The molecule has 0 saturated carbocycles. The lowest BCUT2D eigenvalue weighted by molar-refractivity contribution is 0.122. The van der Waals surface area contributed by atoms with E-state index < -0.39 is 0 Å². The fourth-order valence-electron chi connectivity index (χ4n) is 3.52. The summed E-state index contributed by atoms with van der Waals surface area (Å²) in [6.07, 6.45) is 1.43. The molecule has 5 rings (SSSR count). The highest BCUT2D eigenvalue weighted by Gasteiger charge is 2.21. The summed E-state index contributed by atoms with van der Waals surface area (Å²) in [6, 6.07) is 11.8. The third kappa shape index (κ3) is 3.75. The number of halogens is 1. The Labute approximate surface area is 177 Å². The molecular formula is C22H19FN4O4. The van der Waals surface area contributed by atoms with E-state index in [4.69, 9.17) is 18.4 Å². The van der Waals surface area contributed by atoms with Crippen LogP contribution in [0.5, 0.6) is 5.75 Å². The summed E-state index contributed by atoms with van der Waals surface area (Å²) < 4.78 is 35.3. The molecule has 0 unspecified atom stereocenters. The van der Waals surface area contributed by atoms with E-state index >= 15 is 0 Å². The predicted molar refractivity (Wildman–Crippen MR) is 110 cm³/mol. The fourth-order valence-corrected chi connectivity index (χ4v) is 3.52. The van der Waals surface area contributed by atoms with Crippen LogP contribution in [0, 0.1) is 5.82 Å². The van der Waals surface area contributed by atoms with Gasteiger partial charge < -0.3 is 23.3 Å². The number of morpholine rings is 1. The van der Waals surface area contributed by atoms with Gasteiger partial charge in [0, 0.05) is 30.4 Å². The van der Waals surface area contributed by atoms with E-state index in [2.05, 4.69) is 20.3 Å². The van der Waals surface area contributed by atoms with Gasteiger partial charge in [-0.25, -0.2) is 4.39 Å². The Bertz CT molecular complexity index is 1180. The maximum Gasteiger partial charge on any atom is 0.253 e. The van der Waals surface area contributed by atoms with E-state index in [-0.39, 0.29) is 11.7 Å². The summed E-state index contributed by atoms with van der Waals surface area (Å²) in [5.41, 5.74) is 3.41. The average Bonchev–Trinajstić information content (AvgIpc) is 3.49. The first-order valence-electron chi connectivity index (χ1n) is 9.78. The van der Waals surface area contributed by atoms with Crippen LogP contribution in [0.15, 0.2) is 57.7 Å². The van der Waals surface area contributed by atoms with E-state index in [0.29, 0.717) is 47.2 Å². The van der Waals surface area contributed by atoms with Crippen molar-refractivity contribution >= 4 is 5.69 Å². The lowest BCUT2D eigenvalue weighted by Crippen LogP contribution is -2.36. The highest BCUT2D eigenvalue weighted by Crippen LogP contribution is 2.36. The minimum atomic E-state index is -0.332. The third-order valence-corrected chi connectivity index (χ3v) is 5.13. The van der Waals surface area contributed by atoms with E-state index in [1.807, 2.05) is 18.2 Å². The van der Waals surface area contributed by atoms with Crippen LogP contribution in [0.2, 0.25) is 0 Å². The summed E-state index contributed by atoms with van der Waals surface area (Å²) in [5.74, 6) is 0.853. The van der Waals surface area contributed by atoms with Crippen molar-refractivity contribution in [2.75, 3.05) is 38.3 Å². The van der Waals surface area contributed by atoms with Gasteiger partial charge in [-0.2, -0.15) is 0 Å². The zero-order chi connectivity index (χ0) is 21.2. The lowest BCUT2D eigenvalue weighted by atomic mass is 10.1. The van der Waals surface area contributed by atoms with E-state index in [1.165, 1.54) is 18.4 Å². The van der Waals surface area contributed by atoms with Gasteiger partial charge in [0.05, 0.1) is 25.9 Å². The van der Waals surface area contributed by atoms with Crippen molar-refractivity contribution in [3.05, 3.63) is 54.5 Å². The molecule has 0 amide bonds. The first-order chi connectivity index (χ1) is 15.2. The van der Waals surface area contributed by atoms with Gasteiger partial charge in [-0.1, -0.05) is 5.16 Å². The quantitative estimate of drug-likeness (QED) is 0.476. The molecular weight excluding hydrogens is 403 g/mol. The van der Waals surface area contributed by atoms with E-state index in [1.54, 1.807) is 19.2 Å². The van der Waals surface area contributed by atoms with Crippen molar-refractivity contribution < 1.29 is 22.8 Å². The van der Waals surface area contributed by atoms with Gasteiger partial charge in [-0.05, 0) is 36.4 Å². The first kappa shape index (κ1) is 19.3. The molecule has 3 heterocycles. The van der Waals surface area contributed by atoms with Crippen LogP contribution in [0.4, 0.5) is 10.1 Å². The number of anilines is 1. The Morgan fingerprint density at radius 3 is 2.45 bits per heavy atom. The smallest absolute Gasteiger partial charge is 0.253 e. The van der Waals surface area contributed by atoms with Crippen LogP contribution in [0.25, 0.3) is 34.2 Å². The molecule has 31 heavy (non-hydrogen) atoms. The van der Waals surface area contributed by atoms with Crippen molar-refractivity contribution in [1.82, 2.24) is 15.4 Å². The molecule has 1 fully saturated rings. The first-order valence-corrected chi connectivity index (χ1v) is 9.78. The van der Waals surface area contributed by atoms with Crippen LogP contribution in [0.3, 0.4) is 0 Å². The largest absolute Gasteiger partial charge is 0.496 e. The second kappa shape index (κ2) is 8.19. The van der Waals surface area contributed by atoms with Gasteiger partial charge in [0.15, 0.2) is 0 Å². The third-order valence-electron chi connectivity index (χ3n) is 5.13. The molecule has 0 N–H and O–H groups in total. The summed E-state index contributed by atoms with van der Waals surface area (Å²) in [4.78, 5) is 2.24. The van der Waals surface area contributed by atoms with Crippen LogP contribution < -0.4 is 9.64 Å². The summed E-state index contributed by atoms with van der Waals surface area (Å²) in [6.45, 7) is 3.05. The minimum Gasteiger partial charge on any atom is -0.496 e. The number of hydrogen-bond donors (Lipinski definition) is 0. The van der Waals surface area contributed by atoms with Gasteiger partial charge in [0.25, 0.3) is 11.8 Å². The highest BCUT2D eigenvalue weighted by atomic mass is 19.1. The SMILES string of the molecule is COc1cc(N2CCOCC2)ccc1-c1nnc(-c2conc2-c2ccc(F)cc2)o1. The van der Waals surface area contributed by atoms with Crippen LogP contribution in [-0.4, -0.2) is 48.8 Å². The Morgan fingerprint density at radius 1 is 0.968 bits per heavy atom. The maximum atomic E-state index is 13.3. The molecule has 1 aliphatic heterocycles. The number of methoxy groups -OCH3 is 1. The lowest BCUT2D eigenvalue weighted by Gasteiger charge is -2.29. The molecule has 1 saturated heterocycles. The number of hydrogen-bond acceptors (Lipinski definition) is 8. The number of benzene rings is 2. The molecule has 0 aliphatic carbocycles. The zero-order valence-corrected chi connectivity index (χ0v) is 16.7. The molecule has 4 aromatic rings. The summed E-state index contributed by atoms with van der Waals surface area (Å²) in [5, 5.41) is 12.3. The zero-order valence-electron chi connectivity index (χ0n) is 16.7. The predicted octanol–water partition coefficient (Wildman–Crippen LogP) is 4.04. The van der Waals surface area contributed by atoms with E-state index in [0.717, 1.165) is 18.8 Å². The summed E-state index contributed by atoms with van der Waals surface area (Å²) in [7, 11) is 1.60. The summed E-state index contributed by atoms with van der Waals surface area (Å²) >= 11 is 0. The second-order valence-electron chi connectivity index (χ2n) is 6.98. The fraction of sp³-hybridized carbons (Fsp3) is 0.227. The van der Waals surface area contributed by atoms with Crippen molar-refractivity contribution in [2.24, 2.45) is 0 Å². The number of ether oxygens (including phenoxy) is 2. The average molecular weight is 422 g/mol. The molecule has 0 atom stereocenters. The normalized spacial score (nSPS) is 14.1. The molecule has 8 nitrogen and oxygen atoms in total. The number of aromatic nitrogens is 3. The van der Waals surface area contributed by atoms with E-state index in [9.17, 15) is 4.39 Å². The Balaban J connectivity index is 1.46. The Morgan fingerprint density at radius 2 is 1.71 bits per heavy atom. The van der Waals surface area contributed by atoms with Gasteiger partial charge >= 0.3 is 0 Å². The van der Waals surface area contributed by atoms with Crippen LogP contribution >= 0.6 is 0 Å². The maximum absolute atomic E-state index is 13.3. The van der Waals surface area contributed by atoms with Crippen LogP contribution in [0.1, 0.15) is 0 Å². The molecule has 1 aliphatic rings.